The number of allylic oxidation sites excluding steroid dienone is 1. The summed E-state index contributed by atoms with van der Waals surface area (Å²) in [7, 11) is 0. The maximum Gasteiger partial charge on any atom is 0.110 e. The third-order valence-corrected chi connectivity index (χ3v) is 1.53. The summed E-state index contributed by atoms with van der Waals surface area (Å²) >= 11 is 3.21. The summed E-state index contributed by atoms with van der Waals surface area (Å²) in [5.74, 6) is 0. The standard InChI is InChI=1S/C4H4BrN/c1-3-2-6-4(3)5/h2H,1H3. The van der Waals surface area contributed by atoms with Crippen LogP contribution in [0.2, 0.25) is 0 Å². The second-order valence-electron chi connectivity index (χ2n) is 1.23. The smallest absolute Gasteiger partial charge is 0.110 e. The minimum Gasteiger partial charge on any atom is -0.249 e. The Hall–Kier alpha value is -0.110. The van der Waals surface area contributed by atoms with Crippen LogP contribution >= 0.6 is 15.9 Å². The van der Waals surface area contributed by atoms with Gasteiger partial charge in [0.2, 0.25) is 0 Å². The maximum absolute atomic E-state index is 3.82. The zero-order valence-electron chi connectivity index (χ0n) is 3.40. The first-order valence-corrected chi connectivity index (χ1v) is 2.50. The molecule has 1 heterocycles. The van der Waals surface area contributed by atoms with Crippen molar-refractivity contribution in [2.45, 2.75) is 6.92 Å². The fourth-order valence-electron chi connectivity index (χ4n) is 0.242. The fourth-order valence-corrected chi connectivity index (χ4v) is 0.447. The molecular formula is C4H4BrN. The van der Waals surface area contributed by atoms with E-state index in [1.807, 2.05) is 13.1 Å². The van der Waals surface area contributed by atoms with Gasteiger partial charge in [0.25, 0.3) is 0 Å². The Kier molecular flexibility index (Phi) is 0.804. The average molecular weight is 146 g/mol. The molecule has 0 saturated carbocycles. The lowest BCUT2D eigenvalue weighted by atomic mass is 10.3. The van der Waals surface area contributed by atoms with Crippen LogP contribution < -0.4 is 0 Å². The molecule has 0 atom stereocenters. The molecule has 0 aromatic heterocycles. The highest BCUT2D eigenvalue weighted by Gasteiger charge is 1.99. The Morgan fingerprint density at radius 2 is 2.33 bits per heavy atom. The Balaban J connectivity index is 2.71. The van der Waals surface area contributed by atoms with Crippen LogP contribution in [0, 0.1) is 0 Å². The SMILES string of the molecule is CC1=C(Br)N=C1. The first-order chi connectivity index (χ1) is 2.80. The number of aliphatic imine (C=N–C) groups is 1. The van der Waals surface area contributed by atoms with E-state index in [1.165, 1.54) is 5.57 Å². The van der Waals surface area contributed by atoms with Crippen molar-refractivity contribution in [3.8, 4) is 0 Å². The molecule has 0 spiro atoms. The molecule has 1 nitrogen and oxygen atoms in total. The first-order valence-electron chi connectivity index (χ1n) is 1.71. The van der Waals surface area contributed by atoms with Crippen LogP contribution in [0.4, 0.5) is 0 Å². The van der Waals surface area contributed by atoms with Gasteiger partial charge in [0.05, 0.1) is 0 Å². The monoisotopic (exact) mass is 145 g/mol. The normalized spacial score (nSPS) is 18.3. The molecule has 1 rings (SSSR count). The van der Waals surface area contributed by atoms with E-state index in [0.29, 0.717) is 0 Å². The minimum absolute atomic E-state index is 0.988. The van der Waals surface area contributed by atoms with E-state index in [2.05, 4.69) is 20.9 Å². The highest BCUT2D eigenvalue weighted by Crippen LogP contribution is 2.18. The van der Waals surface area contributed by atoms with Gasteiger partial charge in [-0.25, -0.2) is 4.99 Å². The maximum atomic E-state index is 3.82. The Labute approximate surface area is 44.9 Å². The van der Waals surface area contributed by atoms with Crippen molar-refractivity contribution in [3.05, 3.63) is 10.2 Å². The molecule has 1 aliphatic rings. The van der Waals surface area contributed by atoms with Crippen molar-refractivity contribution in [3.63, 3.8) is 0 Å². The summed E-state index contributed by atoms with van der Waals surface area (Å²) in [5, 5.41) is 0. The van der Waals surface area contributed by atoms with Gasteiger partial charge >= 0.3 is 0 Å². The number of halogens is 1. The molecule has 1 aliphatic heterocycles. The van der Waals surface area contributed by atoms with Crippen molar-refractivity contribution in [1.29, 1.82) is 0 Å². The molecule has 0 aromatic rings. The second kappa shape index (κ2) is 1.19. The predicted molar refractivity (Wildman–Crippen MR) is 30.1 cm³/mol. The molecular weight excluding hydrogens is 142 g/mol. The van der Waals surface area contributed by atoms with E-state index in [9.17, 15) is 0 Å². The molecule has 0 radical (unpaired) electrons. The van der Waals surface area contributed by atoms with Crippen molar-refractivity contribution in [2.24, 2.45) is 4.99 Å². The van der Waals surface area contributed by atoms with Crippen LogP contribution in [0.3, 0.4) is 0 Å². The van der Waals surface area contributed by atoms with Crippen LogP contribution in [-0.4, -0.2) is 6.21 Å². The van der Waals surface area contributed by atoms with Crippen LogP contribution in [0.25, 0.3) is 0 Å². The van der Waals surface area contributed by atoms with E-state index in [4.69, 9.17) is 0 Å². The van der Waals surface area contributed by atoms with Crippen LogP contribution in [-0.2, 0) is 0 Å². The van der Waals surface area contributed by atoms with Crippen LogP contribution in [0.1, 0.15) is 6.92 Å². The molecule has 0 unspecified atom stereocenters. The Morgan fingerprint density at radius 1 is 1.83 bits per heavy atom. The van der Waals surface area contributed by atoms with Crippen LogP contribution in [0.5, 0.6) is 0 Å². The van der Waals surface area contributed by atoms with Gasteiger partial charge in [-0.3, -0.25) is 0 Å². The molecule has 0 aromatic carbocycles. The van der Waals surface area contributed by atoms with Crippen molar-refractivity contribution in [1.82, 2.24) is 0 Å². The molecule has 6 heavy (non-hydrogen) atoms. The third kappa shape index (κ3) is 0.411. The highest BCUT2D eigenvalue weighted by molar-refractivity contribution is 9.11. The topological polar surface area (TPSA) is 12.4 Å². The summed E-state index contributed by atoms with van der Waals surface area (Å²) in [4.78, 5) is 3.82. The number of hydrogen-bond acceptors (Lipinski definition) is 1. The quantitative estimate of drug-likeness (QED) is 0.461. The van der Waals surface area contributed by atoms with Crippen LogP contribution in [0.15, 0.2) is 15.2 Å². The van der Waals surface area contributed by atoms with Gasteiger partial charge in [0, 0.05) is 11.8 Å². The molecule has 0 fully saturated rings. The summed E-state index contributed by atoms with van der Waals surface area (Å²) < 4.78 is 0.988. The van der Waals surface area contributed by atoms with E-state index in [1.54, 1.807) is 0 Å². The number of nitrogens with zero attached hydrogens (tertiary/aromatic N) is 1. The predicted octanol–water partition coefficient (Wildman–Crippen LogP) is 1.70. The summed E-state index contributed by atoms with van der Waals surface area (Å²) in [6.07, 6.45) is 1.82. The fraction of sp³-hybridized carbons (Fsp3) is 0.250. The van der Waals surface area contributed by atoms with E-state index < -0.39 is 0 Å². The molecule has 2 heteroatoms. The highest BCUT2D eigenvalue weighted by atomic mass is 79.9. The second-order valence-corrected chi connectivity index (χ2v) is 1.98. The number of hydrogen-bond donors (Lipinski definition) is 0. The van der Waals surface area contributed by atoms with E-state index >= 15 is 0 Å². The van der Waals surface area contributed by atoms with Gasteiger partial charge in [-0.15, -0.1) is 0 Å². The summed E-state index contributed by atoms with van der Waals surface area (Å²) in [6, 6.07) is 0. The summed E-state index contributed by atoms with van der Waals surface area (Å²) in [6.45, 7) is 2.01. The van der Waals surface area contributed by atoms with Gasteiger partial charge in [-0.1, -0.05) is 0 Å². The summed E-state index contributed by atoms with van der Waals surface area (Å²) in [5.41, 5.74) is 1.23. The van der Waals surface area contributed by atoms with Crippen molar-refractivity contribution in [2.75, 3.05) is 0 Å². The molecule has 0 N–H and O–H groups in total. The van der Waals surface area contributed by atoms with Gasteiger partial charge in [-0.2, -0.15) is 0 Å². The first kappa shape index (κ1) is 4.06. The van der Waals surface area contributed by atoms with Gasteiger partial charge < -0.3 is 0 Å². The average Bonchev–Trinajstić information content (AvgIpc) is 1.61. The zero-order valence-corrected chi connectivity index (χ0v) is 4.99. The molecule has 0 aliphatic carbocycles. The van der Waals surface area contributed by atoms with E-state index in [0.717, 1.165) is 4.61 Å². The van der Waals surface area contributed by atoms with E-state index in [-0.39, 0.29) is 0 Å². The van der Waals surface area contributed by atoms with Crippen molar-refractivity contribution >= 4 is 22.1 Å². The lowest BCUT2D eigenvalue weighted by molar-refractivity contribution is 1.38. The minimum atomic E-state index is 0.988. The lowest BCUT2D eigenvalue weighted by Gasteiger charge is -2.00. The van der Waals surface area contributed by atoms with Gasteiger partial charge in [-0.05, 0) is 22.9 Å². The Morgan fingerprint density at radius 3 is 2.33 bits per heavy atom. The third-order valence-electron chi connectivity index (χ3n) is 0.697. The molecule has 0 saturated heterocycles. The van der Waals surface area contributed by atoms with Crippen molar-refractivity contribution < 1.29 is 0 Å². The van der Waals surface area contributed by atoms with Gasteiger partial charge in [0.15, 0.2) is 0 Å². The lowest BCUT2D eigenvalue weighted by Crippen LogP contribution is -1.89. The zero-order chi connectivity index (χ0) is 4.57. The molecule has 32 valence electrons. The van der Waals surface area contributed by atoms with Gasteiger partial charge in [0.1, 0.15) is 4.61 Å². The largest absolute Gasteiger partial charge is 0.249 e. The molecule has 0 amide bonds. The Bertz CT molecular complexity index is 110. The molecule has 0 bridgehead atoms. The number of rotatable bonds is 0.